The molecule has 1 aliphatic heterocycles. The number of carboxylic acid groups (broad SMARTS) is 1. The second-order valence-corrected chi connectivity index (χ2v) is 8.77. The molecule has 1 atom stereocenters. The van der Waals surface area contributed by atoms with Crippen LogP contribution in [0.5, 0.6) is 5.75 Å². The van der Waals surface area contributed by atoms with Crippen LogP contribution >= 0.6 is 0 Å². The number of amides is 1. The van der Waals surface area contributed by atoms with Crippen molar-refractivity contribution in [2.45, 2.75) is 37.0 Å². The van der Waals surface area contributed by atoms with E-state index in [-0.39, 0.29) is 23.7 Å². The number of likely N-dealkylation sites (tertiary alicyclic amines) is 1. The van der Waals surface area contributed by atoms with Crippen molar-refractivity contribution >= 4 is 22.9 Å². The van der Waals surface area contributed by atoms with Crippen LogP contribution in [0.2, 0.25) is 0 Å². The van der Waals surface area contributed by atoms with Crippen LogP contribution in [-0.2, 0) is 10.2 Å². The number of aliphatic carboxylic acids is 1. The fourth-order valence-corrected chi connectivity index (χ4v) is 5.40. The summed E-state index contributed by atoms with van der Waals surface area (Å²) in [5, 5.41) is 9.41. The fraction of sp³-hybridized carbons (Fsp3) is 0.360. The first kappa shape index (κ1) is 20.4. The van der Waals surface area contributed by atoms with Crippen LogP contribution in [-0.4, -0.2) is 52.1 Å². The summed E-state index contributed by atoms with van der Waals surface area (Å²) in [5.74, 6) is -0.119. The van der Waals surface area contributed by atoms with Gasteiger partial charge in [0.25, 0.3) is 5.91 Å². The number of methoxy groups -OCH3 is 1. The molecule has 7 nitrogen and oxygen atoms in total. The summed E-state index contributed by atoms with van der Waals surface area (Å²) in [4.78, 5) is 35.3. The lowest BCUT2D eigenvalue weighted by atomic mass is 9.73. The highest BCUT2D eigenvalue weighted by Crippen LogP contribution is 2.53. The number of hydrogen-bond donors (Lipinski definition) is 1. The topological polar surface area (TPSA) is 92.6 Å². The van der Waals surface area contributed by atoms with Crippen molar-refractivity contribution in [1.29, 1.82) is 0 Å². The number of hydrogen-bond acceptors (Lipinski definition) is 5. The first-order valence-corrected chi connectivity index (χ1v) is 10.9. The second kappa shape index (κ2) is 7.89. The van der Waals surface area contributed by atoms with Crippen molar-refractivity contribution < 1.29 is 19.4 Å². The molecule has 1 spiro atoms. The van der Waals surface area contributed by atoms with Crippen molar-refractivity contribution in [2.75, 3.05) is 20.2 Å². The Morgan fingerprint density at radius 1 is 1.16 bits per heavy atom. The molecule has 32 heavy (non-hydrogen) atoms. The number of fused-ring (bicyclic) bond motifs is 3. The quantitative estimate of drug-likeness (QED) is 0.676. The van der Waals surface area contributed by atoms with Gasteiger partial charge in [-0.05, 0) is 66.0 Å². The van der Waals surface area contributed by atoms with Crippen LogP contribution in [0, 0.1) is 0 Å². The van der Waals surface area contributed by atoms with Crippen LogP contribution in [0.3, 0.4) is 0 Å². The van der Waals surface area contributed by atoms with Gasteiger partial charge in [0, 0.05) is 13.1 Å². The molecule has 1 aliphatic carbocycles. The van der Waals surface area contributed by atoms with E-state index < -0.39 is 5.97 Å². The van der Waals surface area contributed by atoms with E-state index in [0.717, 1.165) is 36.1 Å². The van der Waals surface area contributed by atoms with Crippen LogP contribution in [0.15, 0.2) is 48.7 Å². The third-order valence-corrected chi connectivity index (χ3v) is 7.01. The van der Waals surface area contributed by atoms with Crippen LogP contribution in [0.4, 0.5) is 0 Å². The Hall–Kier alpha value is -3.48. The molecule has 2 aliphatic rings. The predicted molar refractivity (Wildman–Crippen MR) is 119 cm³/mol. The summed E-state index contributed by atoms with van der Waals surface area (Å²) in [5.41, 5.74) is 3.99. The number of ether oxygens (including phenoxy) is 1. The molecule has 2 aromatic carbocycles. The summed E-state index contributed by atoms with van der Waals surface area (Å²) in [6.45, 7) is 1.20. The number of benzene rings is 2. The Morgan fingerprint density at radius 2 is 1.91 bits per heavy atom. The standard InChI is InChI=1S/C25H25N3O4/c1-32-17-6-7-18-16(12-23(29)30)14-25(19(18)13-17)8-10-28(11-9-25)24(31)22-15-26-20-4-2-3-5-21(20)27-22/h2-7,13,15-16H,8-12,14H2,1H3,(H,29,30)/t16-/m0/s1. The van der Waals surface area contributed by atoms with Crippen LogP contribution < -0.4 is 4.74 Å². The largest absolute Gasteiger partial charge is 0.497 e. The van der Waals surface area contributed by atoms with Gasteiger partial charge < -0.3 is 14.7 Å². The van der Waals surface area contributed by atoms with Gasteiger partial charge in [-0.25, -0.2) is 4.98 Å². The third kappa shape index (κ3) is 3.47. The van der Waals surface area contributed by atoms with E-state index in [1.807, 2.05) is 41.3 Å². The molecule has 3 aromatic rings. The zero-order chi connectivity index (χ0) is 22.3. The van der Waals surface area contributed by atoms with Gasteiger partial charge in [0.05, 0.1) is 30.8 Å². The number of para-hydroxylation sites is 2. The first-order valence-electron chi connectivity index (χ1n) is 10.9. The zero-order valence-corrected chi connectivity index (χ0v) is 18.0. The number of carbonyl (C=O) groups is 2. The molecular weight excluding hydrogens is 406 g/mol. The molecule has 1 aromatic heterocycles. The number of nitrogens with zero attached hydrogens (tertiary/aromatic N) is 3. The van der Waals surface area contributed by atoms with Gasteiger partial charge in [0.15, 0.2) is 0 Å². The lowest BCUT2D eigenvalue weighted by Crippen LogP contribution is -2.44. The number of carboxylic acids is 1. The normalized spacial score (nSPS) is 19.2. The Balaban J connectivity index is 1.38. The molecule has 1 N–H and O–H groups in total. The van der Waals surface area contributed by atoms with E-state index in [1.165, 1.54) is 5.56 Å². The predicted octanol–water partition coefficient (Wildman–Crippen LogP) is 3.77. The Morgan fingerprint density at radius 3 is 2.62 bits per heavy atom. The second-order valence-electron chi connectivity index (χ2n) is 8.77. The van der Waals surface area contributed by atoms with Crippen molar-refractivity contribution in [1.82, 2.24) is 14.9 Å². The maximum absolute atomic E-state index is 13.1. The van der Waals surface area contributed by atoms with Crippen LogP contribution in [0.1, 0.15) is 53.2 Å². The Bertz CT molecular complexity index is 1200. The van der Waals surface area contributed by atoms with E-state index >= 15 is 0 Å². The third-order valence-electron chi connectivity index (χ3n) is 7.01. The summed E-state index contributed by atoms with van der Waals surface area (Å²) in [7, 11) is 1.64. The van der Waals surface area contributed by atoms with Gasteiger partial charge in [0.1, 0.15) is 11.4 Å². The molecule has 1 amide bonds. The molecule has 164 valence electrons. The molecule has 2 heterocycles. The summed E-state index contributed by atoms with van der Waals surface area (Å²) < 4.78 is 5.45. The highest BCUT2D eigenvalue weighted by Gasteiger charge is 2.46. The first-order chi connectivity index (χ1) is 15.5. The average molecular weight is 431 g/mol. The molecule has 7 heteroatoms. The van der Waals surface area contributed by atoms with Crippen molar-refractivity contribution in [3.8, 4) is 5.75 Å². The molecule has 0 radical (unpaired) electrons. The van der Waals surface area contributed by atoms with Gasteiger partial charge in [-0.3, -0.25) is 14.6 Å². The van der Waals surface area contributed by atoms with E-state index in [9.17, 15) is 14.7 Å². The smallest absolute Gasteiger partial charge is 0.303 e. The molecular formula is C25H25N3O4. The lowest BCUT2D eigenvalue weighted by molar-refractivity contribution is -0.137. The molecule has 1 saturated heterocycles. The fourth-order valence-electron chi connectivity index (χ4n) is 5.40. The molecule has 0 bridgehead atoms. The summed E-state index contributed by atoms with van der Waals surface area (Å²) in [6, 6.07) is 13.5. The molecule has 1 fully saturated rings. The Kier molecular flexibility index (Phi) is 5.04. The van der Waals surface area contributed by atoms with Gasteiger partial charge in [-0.2, -0.15) is 0 Å². The SMILES string of the molecule is COc1ccc2c(c1)C1(CCN(C(=O)c3cnc4ccccc4n3)CC1)C[C@@H]2CC(=O)O. The van der Waals surface area contributed by atoms with E-state index in [2.05, 4.69) is 16.0 Å². The van der Waals surface area contributed by atoms with Crippen molar-refractivity contribution in [3.05, 3.63) is 65.5 Å². The van der Waals surface area contributed by atoms with E-state index in [1.54, 1.807) is 13.3 Å². The number of piperidine rings is 1. The molecule has 0 saturated carbocycles. The summed E-state index contributed by atoms with van der Waals surface area (Å²) in [6.07, 6.45) is 4.04. The van der Waals surface area contributed by atoms with Gasteiger partial charge >= 0.3 is 5.97 Å². The molecule has 0 unspecified atom stereocenters. The highest BCUT2D eigenvalue weighted by atomic mass is 16.5. The van der Waals surface area contributed by atoms with Gasteiger partial charge in [0.2, 0.25) is 0 Å². The number of rotatable bonds is 4. The van der Waals surface area contributed by atoms with E-state index in [4.69, 9.17) is 4.74 Å². The van der Waals surface area contributed by atoms with Crippen molar-refractivity contribution in [3.63, 3.8) is 0 Å². The minimum atomic E-state index is -0.781. The maximum atomic E-state index is 13.1. The van der Waals surface area contributed by atoms with Gasteiger partial charge in [-0.1, -0.05) is 18.2 Å². The number of aromatic nitrogens is 2. The highest BCUT2D eigenvalue weighted by molar-refractivity contribution is 5.93. The number of carbonyl (C=O) groups excluding carboxylic acids is 1. The monoisotopic (exact) mass is 431 g/mol. The van der Waals surface area contributed by atoms with Gasteiger partial charge in [-0.15, -0.1) is 0 Å². The zero-order valence-electron chi connectivity index (χ0n) is 18.0. The average Bonchev–Trinajstić information content (AvgIpc) is 3.10. The minimum Gasteiger partial charge on any atom is -0.497 e. The minimum absolute atomic E-state index is 0.0120. The summed E-state index contributed by atoms with van der Waals surface area (Å²) >= 11 is 0. The van der Waals surface area contributed by atoms with Crippen molar-refractivity contribution in [2.24, 2.45) is 0 Å². The maximum Gasteiger partial charge on any atom is 0.303 e. The Labute approximate surface area is 186 Å². The lowest BCUT2D eigenvalue weighted by Gasteiger charge is -2.40. The van der Waals surface area contributed by atoms with E-state index in [0.29, 0.717) is 24.3 Å². The molecule has 5 rings (SSSR count). The van der Waals surface area contributed by atoms with Crippen LogP contribution in [0.25, 0.3) is 11.0 Å².